The summed E-state index contributed by atoms with van der Waals surface area (Å²) in [5, 5.41) is 2.98. The normalized spacial score (nSPS) is 21.2. The fourth-order valence-electron chi connectivity index (χ4n) is 1.14. The molecule has 13 heavy (non-hydrogen) atoms. The molecular weight excluding hydrogens is 168 g/mol. The molecule has 2 amide bonds. The maximum absolute atomic E-state index is 11.3. The molecule has 1 saturated heterocycles. The van der Waals surface area contributed by atoms with Crippen LogP contribution in [0, 0.1) is 5.41 Å². The molecule has 0 bridgehead atoms. The van der Waals surface area contributed by atoms with Crippen molar-refractivity contribution in [1.29, 1.82) is 0 Å². The first-order valence-corrected chi connectivity index (χ1v) is 4.36. The summed E-state index contributed by atoms with van der Waals surface area (Å²) in [5.41, 5.74) is 6.19. The Bertz CT molecular complexity index is 197. The van der Waals surface area contributed by atoms with Crippen LogP contribution in [-0.2, 0) is 0 Å². The van der Waals surface area contributed by atoms with Gasteiger partial charge in [-0.15, -0.1) is 0 Å². The van der Waals surface area contributed by atoms with Crippen molar-refractivity contribution in [2.45, 2.75) is 26.9 Å². The van der Waals surface area contributed by atoms with Crippen LogP contribution in [0.3, 0.4) is 0 Å². The predicted octanol–water partition coefficient (Wildman–Crippen LogP) is 0.365. The quantitative estimate of drug-likeness (QED) is 0.574. The van der Waals surface area contributed by atoms with Crippen molar-refractivity contribution in [2.75, 3.05) is 14.1 Å². The number of nitrogens with zero attached hydrogens (tertiary/aromatic N) is 2. The van der Waals surface area contributed by atoms with E-state index in [0.717, 1.165) is 0 Å². The van der Waals surface area contributed by atoms with Crippen LogP contribution in [0.2, 0.25) is 0 Å². The molecule has 0 radical (unpaired) electrons. The lowest BCUT2D eigenvalue weighted by molar-refractivity contribution is 0.0170. The van der Waals surface area contributed by atoms with Crippen LogP contribution in [0.15, 0.2) is 0 Å². The topological polar surface area (TPSA) is 47.6 Å². The smallest absolute Gasteiger partial charge is 0.260 e. The van der Waals surface area contributed by atoms with Crippen molar-refractivity contribution in [3.05, 3.63) is 0 Å². The van der Waals surface area contributed by atoms with E-state index in [9.17, 15) is 4.79 Å². The second kappa shape index (κ2) is 3.16. The second-order valence-corrected chi connectivity index (χ2v) is 4.46. The first-order valence-electron chi connectivity index (χ1n) is 4.36. The van der Waals surface area contributed by atoms with E-state index in [0.29, 0.717) is 0 Å². The van der Waals surface area contributed by atoms with Gasteiger partial charge in [-0.05, 0) is 5.41 Å². The van der Waals surface area contributed by atoms with E-state index in [1.807, 2.05) is 0 Å². The lowest BCUT2D eigenvalue weighted by Gasteiger charge is -2.43. The molecule has 0 aromatic rings. The summed E-state index contributed by atoms with van der Waals surface area (Å²) in [6.45, 7) is 6.32. The van der Waals surface area contributed by atoms with Crippen molar-refractivity contribution in [2.24, 2.45) is 5.41 Å². The Hall–Kier alpha value is -0.810. The molecule has 0 unspecified atom stereocenters. The number of urea groups is 1. The first kappa shape index (κ1) is 10.3. The van der Waals surface area contributed by atoms with Crippen LogP contribution in [-0.4, -0.2) is 36.3 Å². The minimum atomic E-state index is -0.0829. The molecule has 0 spiro atoms. The third kappa shape index (κ3) is 2.10. The molecule has 1 aliphatic rings. The maximum Gasteiger partial charge on any atom is 0.348 e. The van der Waals surface area contributed by atoms with Gasteiger partial charge < -0.3 is 0 Å². The molecule has 0 aliphatic carbocycles. The van der Waals surface area contributed by atoms with E-state index >= 15 is 0 Å². The zero-order valence-corrected chi connectivity index (χ0v) is 8.88. The van der Waals surface area contributed by atoms with Gasteiger partial charge in [-0.3, -0.25) is 10.0 Å². The fourth-order valence-corrected chi connectivity index (χ4v) is 1.14. The van der Waals surface area contributed by atoms with Gasteiger partial charge in [-0.2, -0.15) is 0 Å². The first-order chi connectivity index (χ1) is 5.82. The van der Waals surface area contributed by atoms with Crippen LogP contribution in [0.5, 0.6) is 0 Å². The van der Waals surface area contributed by atoms with Crippen molar-refractivity contribution in [3.8, 4) is 0 Å². The summed E-state index contributed by atoms with van der Waals surface area (Å²) in [7, 11) is 3.44. The van der Waals surface area contributed by atoms with Gasteiger partial charge in [0.1, 0.15) is 0 Å². The lowest BCUT2D eigenvalue weighted by Crippen LogP contribution is -2.69. The number of carbonyl (C=O) groups is 1. The van der Waals surface area contributed by atoms with Gasteiger partial charge >= 0.3 is 6.03 Å². The summed E-state index contributed by atoms with van der Waals surface area (Å²) in [5.74, 6) is 0. The second-order valence-electron chi connectivity index (χ2n) is 4.46. The lowest BCUT2D eigenvalue weighted by atomic mass is 9.93. The van der Waals surface area contributed by atoms with Gasteiger partial charge in [0.2, 0.25) is 0 Å². The third-order valence-electron chi connectivity index (χ3n) is 2.09. The highest BCUT2D eigenvalue weighted by molar-refractivity contribution is 5.73. The van der Waals surface area contributed by atoms with Gasteiger partial charge in [0.15, 0.2) is 0 Å². The minimum Gasteiger partial charge on any atom is -0.260 e. The van der Waals surface area contributed by atoms with Gasteiger partial charge in [0.05, 0.1) is 6.17 Å². The Morgan fingerprint density at radius 3 is 1.85 bits per heavy atom. The average molecular weight is 186 g/mol. The summed E-state index contributed by atoms with van der Waals surface area (Å²) >= 11 is 0. The summed E-state index contributed by atoms with van der Waals surface area (Å²) < 4.78 is 0. The maximum atomic E-state index is 11.3. The van der Waals surface area contributed by atoms with E-state index in [4.69, 9.17) is 0 Å². The van der Waals surface area contributed by atoms with Gasteiger partial charge in [0.25, 0.3) is 0 Å². The summed E-state index contributed by atoms with van der Waals surface area (Å²) in [6, 6.07) is -0.0829. The molecule has 1 rings (SSSR count). The molecule has 1 fully saturated rings. The van der Waals surface area contributed by atoms with E-state index in [1.165, 1.54) is 10.0 Å². The molecule has 5 nitrogen and oxygen atoms in total. The fraction of sp³-hybridized carbons (Fsp3) is 0.875. The zero-order chi connectivity index (χ0) is 10.2. The molecule has 1 heterocycles. The van der Waals surface area contributed by atoms with Crippen molar-refractivity contribution >= 4 is 6.03 Å². The number of amides is 2. The standard InChI is InChI=1S/C8H18N4O/c1-8(2,3)6-9-11(4)7(13)12(5)10-6/h6,9-10H,1-5H3. The molecule has 0 saturated carbocycles. The number of rotatable bonds is 0. The number of nitrogens with one attached hydrogen (secondary N) is 2. The molecule has 76 valence electrons. The van der Waals surface area contributed by atoms with Crippen molar-refractivity contribution < 1.29 is 4.79 Å². The largest absolute Gasteiger partial charge is 0.348 e. The Labute approximate surface area is 79.0 Å². The van der Waals surface area contributed by atoms with Crippen LogP contribution in [0.25, 0.3) is 0 Å². The Morgan fingerprint density at radius 1 is 1.15 bits per heavy atom. The molecule has 0 aromatic heterocycles. The van der Waals surface area contributed by atoms with E-state index in [2.05, 4.69) is 31.6 Å². The van der Waals surface area contributed by atoms with Gasteiger partial charge in [-0.25, -0.2) is 15.6 Å². The van der Waals surface area contributed by atoms with Crippen LogP contribution in [0.4, 0.5) is 4.79 Å². The third-order valence-corrected chi connectivity index (χ3v) is 2.09. The molecule has 1 aliphatic heterocycles. The van der Waals surface area contributed by atoms with Crippen LogP contribution >= 0.6 is 0 Å². The summed E-state index contributed by atoms with van der Waals surface area (Å²) in [4.78, 5) is 11.3. The predicted molar refractivity (Wildman–Crippen MR) is 50.4 cm³/mol. The Kier molecular flexibility index (Phi) is 2.49. The highest BCUT2D eigenvalue weighted by atomic mass is 16.2. The van der Waals surface area contributed by atoms with Crippen molar-refractivity contribution in [1.82, 2.24) is 20.9 Å². The Balaban J connectivity index is 2.69. The number of hydrogen-bond acceptors (Lipinski definition) is 3. The van der Waals surface area contributed by atoms with Gasteiger partial charge in [-0.1, -0.05) is 20.8 Å². The molecule has 0 aromatic carbocycles. The van der Waals surface area contributed by atoms with Crippen molar-refractivity contribution in [3.63, 3.8) is 0 Å². The average Bonchev–Trinajstić information content (AvgIpc) is 1.97. The Morgan fingerprint density at radius 2 is 1.54 bits per heavy atom. The number of hydrazine groups is 2. The van der Waals surface area contributed by atoms with E-state index in [1.54, 1.807) is 14.1 Å². The van der Waals surface area contributed by atoms with E-state index < -0.39 is 0 Å². The molecule has 0 atom stereocenters. The monoisotopic (exact) mass is 186 g/mol. The van der Waals surface area contributed by atoms with Crippen LogP contribution < -0.4 is 10.9 Å². The van der Waals surface area contributed by atoms with Crippen LogP contribution in [0.1, 0.15) is 20.8 Å². The van der Waals surface area contributed by atoms with E-state index in [-0.39, 0.29) is 17.6 Å². The molecule has 2 N–H and O–H groups in total. The molecule has 5 heteroatoms. The highest BCUT2D eigenvalue weighted by Gasteiger charge is 2.33. The molecular formula is C8H18N4O. The van der Waals surface area contributed by atoms with Gasteiger partial charge in [0, 0.05) is 14.1 Å². The minimum absolute atomic E-state index is 0.0587. The SMILES string of the molecule is CN1NC(C(C)(C)C)NN(C)C1=O. The zero-order valence-electron chi connectivity index (χ0n) is 8.88. The number of carbonyl (C=O) groups excluding carboxylic acids is 1. The highest BCUT2D eigenvalue weighted by Crippen LogP contribution is 2.19. The summed E-state index contributed by atoms with van der Waals surface area (Å²) in [6.07, 6.45) is 0.0696. The number of hydrogen-bond donors (Lipinski definition) is 2.